The van der Waals surface area contributed by atoms with Crippen molar-refractivity contribution in [3.05, 3.63) is 92.6 Å². The summed E-state index contributed by atoms with van der Waals surface area (Å²) in [5.74, 6) is 0.161. The van der Waals surface area contributed by atoms with Crippen LogP contribution in [0.4, 0.5) is 4.39 Å². The van der Waals surface area contributed by atoms with E-state index in [1.54, 1.807) is 34.9 Å². The topological polar surface area (TPSA) is 34.9 Å². The fourth-order valence-electron chi connectivity index (χ4n) is 3.05. The Balaban J connectivity index is 1.98. The summed E-state index contributed by atoms with van der Waals surface area (Å²) in [6, 6.07) is 16.1. The molecule has 0 unspecified atom stereocenters. The van der Waals surface area contributed by atoms with Crippen LogP contribution in [0.1, 0.15) is 21.8 Å². The fourth-order valence-corrected chi connectivity index (χ4v) is 3.93. The highest BCUT2D eigenvalue weighted by Crippen LogP contribution is 2.23. The molecule has 134 valence electrons. The molecule has 0 N–H and O–H groups in total. The van der Waals surface area contributed by atoms with Crippen molar-refractivity contribution < 1.29 is 4.39 Å². The molecule has 0 saturated heterocycles. The van der Waals surface area contributed by atoms with E-state index in [-0.39, 0.29) is 11.4 Å². The summed E-state index contributed by atoms with van der Waals surface area (Å²) in [6.45, 7) is 3.91. The van der Waals surface area contributed by atoms with Gasteiger partial charge >= 0.3 is 0 Å². The molecule has 2 aromatic carbocycles. The Bertz CT molecular complexity index is 1240. The van der Waals surface area contributed by atoms with Crippen molar-refractivity contribution in [1.29, 1.82) is 0 Å². The monoisotopic (exact) mass is 376 g/mol. The lowest BCUT2D eigenvalue weighted by molar-refractivity contribution is 0.625. The van der Waals surface area contributed by atoms with E-state index in [2.05, 4.69) is 4.98 Å². The van der Waals surface area contributed by atoms with Crippen LogP contribution in [0.15, 0.2) is 59.4 Å². The standard InChI is InChI=1S/C22H17FN2OS/c1-14-7-3-6-10-19(14)25-20(12-11-16-8-4-5-9-17(16)23)24-18-13-15(2)27-21(18)22(25)26/h3-13H,1-2H3. The second kappa shape index (κ2) is 6.93. The highest BCUT2D eigenvalue weighted by Gasteiger charge is 2.14. The van der Waals surface area contributed by atoms with Gasteiger partial charge in [0, 0.05) is 10.4 Å². The molecule has 0 fully saturated rings. The van der Waals surface area contributed by atoms with Crippen molar-refractivity contribution in [2.45, 2.75) is 13.8 Å². The zero-order valence-electron chi connectivity index (χ0n) is 14.9. The molecule has 0 bridgehead atoms. The summed E-state index contributed by atoms with van der Waals surface area (Å²) in [4.78, 5) is 18.9. The van der Waals surface area contributed by atoms with Crippen LogP contribution in [-0.4, -0.2) is 9.55 Å². The number of nitrogens with zero attached hydrogens (tertiary/aromatic N) is 2. The normalized spacial score (nSPS) is 11.5. The first-order valence-corrected chi connectivity index (χ1v) is 9.38. The third kappa shape index (κ3) is 3.22. The molecule has 0 aliphatic heterocycles. The smallest absolute Gasteiger partial charge is 0.267 e. The van der Waals surface area contributed by atoms with Gasteiger partial charge in [0.2, 0.25) is 0 Å². The predicted octanol–water partition coefficient (Wildman–Crippen LogP) is 5.37. The summed E-state index contributed by atoms with van der Waals surface area (Å²) in [6.07, 6.45) is 3.34. The van der Waals surface area contributed by atoms with Gasteiger partial charge in [0.05, 0.1) is 11.2 Å². The lowest BCUT2D eigenvalue weighted by Gasteiger charge is -2.12. The van der Waals surface area contributed by atoms with Gasteiger partial charge in [0.15, 0.2) is 0 Å². The third-order valence-electron chi connectivity index (χ3n) is 4.37. The number of aromatic nitrogens is 2. The van der Waals surface area contributed by atoms with Crippen LogP contribution in [0.5, 0.6) is 0 Å². The molecule has 3 nitrogen and oxygen atoms in total. The first kappa shape index (κ1) is 17.4. The number of hydrogen-bond donors (Lipinski definition) is 0. The average Bonchev–Trinajstić information content (AvgIpc) is 3.03. The predicted molar refractivity (Wildman–Crippen MR) is 110 cm³/mol. The molecule has 0 amide bonds. The molecule has 2 heterocycles. The minimum atomic E-state index is -0.314. The van der Waals surface area contributed by atoms with Crippen LogP contribution in [-0.2, 0) is 0 Å². The van der Waals surface area contributed by atoms with Gasteiger partial charge in [0.1, 0.15) is 16.3 Å². The Labute approximate surface area is 160 Å². The molecular formula is C22H17FN2OS. The van der Waals surface area contributed by atoms with E-state index < -0.39 is 0 Å². The van der Waals surface area contributed by atoms with Crippen LogP contribution < -0.4 is 5.56 Å². The zero-order chi connectivity index (χ0) is 19.0. The number of para-hydroxylation sites is 1. The molecule has 0 aliphatic rings. The van der Waals surface area contributed by atoms with Gasteiger partial charge in [-0.1, -0.05) is 36.4 Å². The Morgan fingerprint density at radius 1 is 1.04 bits per heavy atom. The van der Waals surface area contributed by atoms with Gasteiger partial charge in [-0.25, -0.2) is 9.37 Å². The molecule has 5 heteroatoms. The van der Waals surface area contributed by atoms with Crippen LogP contribution in [0, 0.1) is 19.7 Å². The lowest BCUT2D eigenvalue weighted by Crippen LogP contribution is -2.22. The van der Waals surface area contributed by atoms with E-state index in [1.807, 2.05) is 44.2 Å². The van der Waals surface area contributed by atoms with Crippen LogP contribution >= 0.6 is 11.3 Å². The third-order valence-corrected chi connectivity index (χ3v) is 5.40. The summed E-state index contributed by atoms with van der Waals surface area (Å²) < 4.78 is 16.2. The van der Waals surface area contributed by atoms with Crippen molar-refractivity contribution in [2.24, 2.45) is 0 Å². The first-order chi connectivity index (χ1) is 13.0. The second-order valence-electron chi connectivity index (χ2n) is 6.32. The van der Waals surface area contributed by atoms with Crippen molar-refractivity contribution in [2.75, 3.05) is 0 Å². The minimum absolute atomic E-state index is 0.111. The van der Waals surface area contributed by atoms with E-state index in [9.17, 15) is 9.18 Å². The van der Waals surface area contributed by atoms with Gasteiger partial charge in [-0.2, -0.15) is 0 Å². The number of fused-ring (bicyclic) bond motifs is 1. The van der Waals surface area contributed by atoms with Crippen molar-refractivity contribution in [1.82, 2.24) is 9.55 Å². The van der Waals surface area contributed by atoms with Gasteiger partial charge in [-0.15, -0.1) is 11.3 Å². The van der Waals surface area contributed by atoms with E-state index in [0.29, 0.717) is 21.6 Å². The SMILES string of the molecule is Cc1cc2nc(C=Cc3ccccc3F)n(-c3ccccc3C)c(=O)c2s1. The van der Waals surface area contributed by atoms with Crippen molar-refractivity contribution in [3.8, 4) is 5.69 Å². The molecule has 2 aromatic heterocycles. The number of hydrogen-bond acceptors (Lipinski definition) is 3. The zero-order valence-corrected chi connectivity index (χ0v) is 15.8. The highest BCUT2D eigenvalue weighted by atomic mass is 32.1. The number of aryl methyl sites for hydroxylation is 2. The highest BCUT2D eigenvalue weighted by molar-refractivity contribution is 7.18. The largest absolute Gasteiger partial charge is 0.276 e. The number of benzene rings is 2. The number of thiophene rings is 1. The van der Waals surface area contributed by atoms with Gasteiger partial charge < -0.3 is 0 Å². The van der Waals surface area contributed by atoms with Gasteiger partial charge in [-0.3, -0.25) is 9.36 Å². The molecule has 0 atom stereocenters. The first-order valence-electron chi connectivity index (χ1n) is 8.56. The quantitative estimate of drug-likeness (QED) is 0.482. The molecule has 4 rings (SSSR count). The number of halogens is 1. The second-order valence-corrected chi connectivity index (χ2v) is 7.58. The summed E-state index contributed by atoms with van der Waals surface area (Å²) in [7, 11) is 0. The van der Waals surface area contributed by atoms with Crippen LogP contribution in [0.3, 0.4) is 0 Å². The maximum atomic E-state index is 14.0. The molecule has 0 radical (unpaired) electrons. The van der Waals surface area contributed by atoms with E-state index in [4.69, 9.17) is 0 Å². The molecule has 0 spiro atoms. The van der Waals surface area contributed by atoms with Crippen molar-refractivity contribution in [3.63, 3.8) is 0 Å². The fraction of sp³-hybridized carbons (Fsp3) is 0.0909. The molecule has 4 aromatic rings. The van der Waals surface area contributed by atoms with Crippen molar-refractivity contribution >= 4 is 33.7 Å². The Hall–Kier alpha value is -3.05. The molecule has 0 aliphatic carbocycles. The Morgan fingerprint density at radius 3 is 2.56 bits per heavy atom. The number of rotatable bonds is 3. The lowest BCUT2D eigenvalue weighted by atomic mass is 10.1. The molecule has 27 heavy (non-hydrogen) atoms. The van der Waals surface area contributed by atoms with Crippen LogP contribution in [0.25, 0.3) is 28.1 Å². The summed E-state index contributed by atoms with van der Waals surface area (Å²) in [5.41, 5.74) is 2.75. The van der Waals surface area contributed by atoms with Crippen LogP contribution in [0.2, 0.25) is 0 Å². The average molecular weight is 376 g/mol. The summed E-state index contributed by atoms with van der Waals surface area (Å²) >= 11 is 1.44. The van der Waals surface area contributed by atoms with E-state index >= 15 is 0 Å². The maximum Gasteiger partial charge on any atom is 0.276 e. The molecule has 0 saturated carbocycles. The van der Waals surface area contributed by atoms with Gasteiger partial charge in [0.25, 0.3) is 5.56 Å². The summed E-state index contributed by atoms with van der Waals surface area (Å²) in [5, 5.41) is 0. The molecular weight excluding hydrogens is 359 g/mol. The Morgan fingerprint density at radius 2 is 1.78 bits per heavy atom. The van der Waals surface area contributed by atoms with Gasteiger partial charge in [-0.05, 0) is 49.8 Å². The minimum Gasteiger partial charge on any atom is -0.267 e. The Kier molecular flexibility index (Phi) is 4.46. The maximum absolute atomic E-state index is 14.0. The van der Waals surface area contributed by atoms with E-state index in [1.165, 1.54) is 17.4 Å². The van der Waals surface area contributed by atoms with E-state index in [0.717, 1.165) is 16.1 Å².